The van der Waals surface area contributed by atoms with Crippen molar-refractivity contribution in [3.05, 3.63) is 0 Å². The van der Waals surface area contributed by atoms with Crippen LogP contribution in [0.5, 0.6) is 0 Å². The Morgan fingerprint density at radius 1 is 0.500 bits per heavy atom. The van der Waals surface area contributed by atoms with Crippen molar-refractivity contribution in [2.24, 2.45) is 0 Å². The molecular weight excluding hydrogens is 208 g/mol. The molecule has 1 aliphatic rings. The molecule has 2 heteroatoms. The Bertz CT molecular complexity index is 120. The van der Waals surface area contributed by atoms with Crippen LogP contribution in [-0.2, 0) is 0 Å². The maximum Gasteiger partial charge on any atom is 0.00172 e. The van der Waals surface area contributed by atoms with Gasteiger partial charge in [0.2, 0.25) is 0 Å². The van der Waals surface area contributed by atoms with E-state index in [0.29, 0.717) is 10.5 Å². The molecule has 2 atom stereocenters. The number of thiol groups is 2. The van der Waals surface area contributed by atoms with E-state index >= 15 is 0 Å². The maximum absolute atomic E-state index is 4.63. The van der Waals surface area contributed by atoms with Crippen LogP contribution in [0.15, 0.2) is 0 Å². The molecule has 2 unspecified atom stereocenters. The zero-order chi connectivity index (χ0) is 10.2. The smallest absolute Gasteiger partial charge is 0.00172 e. The van der Waals surface area contributed by atoms with Crippen LogP contribution in [0.1, 0.15) is 64.2 Å². The van der Waals surface area contributed by atoms with Crippen LogP contribution in [0, 0.1) is 0 Å². The van der Waals surface area contributed by atoms with E-state index in [-0.39, 0.29) is 0 Å². The summed E-state index contributed by atoms with van der Waals surface area (Å²) < 4.78 is 0. The summed E-state index contributed by atoms with van der Waals surface area (Å²) in [6.45, 7) is 0. The Morgan fingerprint density at radius 3 is 1.29 bits per heavy atom. The van der Waals surface area contributed by atoms with Crippen molar-refractivity contribution in [3.8, 4) is 0 Å². The van der Waals surface area contributed by atoms with E-state index < -0.39 is 0 Å². The van der Waals surface area contributed by atoms with E-state index in [0.717, 1.165) is 0 Å². The summed E-state index contributed by atoms with van der Waals surface area (Å²) in [7, 11) is 0. The Kier molecular flexibility index (Phi) is 7.23. The number of rotatable bonds is 0. The molecule has 0 aromatic rings. The van der Waals surface area contributed by atoms with E-state index in [4.69, 9.17) is 0 Å². The van der Waals surface area contributed by atoms with Crippen LogP contribution in [0.25, 0.3) is 0 Å². The van der Waals surface area contributed by atoms with Gasteiger partial charge in [-0.1, -0.05) is 38.5 Å². The second-order valence-corrected chi connectivity index (χ2v) is 6.04. The molecule has 1 saturated carbocycles. The molecule has 0 N–H and O–H groups in total. The first-order valence-corrected chi connectivity index (χ1v) is 7.18. The van der Waals surface area contributed by atoms with Gasteiger partial charge in [-0.3, -0.25) is 0 Å². The van der Waals surface area contributed by atoms with Crippen LogP contribution in [0.3, 0.4) is 0 Å². The Balaban J connectivity index is 2.22. The molecule has 0 saturated heterocycles. The zero-order valence-corrected chi connectivity index (χ0v) is 10.9. The summed E-state index contributed by atoms with van der Waals surface area (Å²) in [5.74, 6) is 0. The summed E-state index contributed by atoms with van der Waals surface area (Å²) in [6.07, 6.45) is 13.6. The SMILES string of the molecule is SC1CCCCCCCCC(S)CC1. The molecule has 0 radical (unpaired) electrons. The zero-order valence-electron chi connectivity index (χ0n) is 9.12. The average Bonchev–Trinajstić information content (AvgIpc) is 2.17. The summed E-state index contributed by atoms with van der Waals surface area (Å²) >= 11 is 9.26. The largest absolute Gasteiger partial charge is 0.176 e. The predicted octanol–water partition coefficient (Wildman–Crippen LogP) is 4.50. The minimum atomic E-state index is 0.629. The van der Waals surface area contributed by atoms with Gasteiger partial charge in [0.05, 0.1) is 0 Å². The normalized spacial score (nSPS) is 33.0. The van der Waals surface area contributed by atoms with E-state index in [1.807, 2.05) is 0 Å². The number of hydrogen-bond acceptors (Lipinski definition) is 2. The van der Waals surface area contributed by atoms with Crippen molar-refractivity contribution in [1.82, 2.24) is 0 Å². The van der Waals surface area contributed by atoms with Gasteiger partial charge in [-0.2, -0.15) is 25.3 Å². The highest BCUT2D eigenvalue weighted by atomic mass is 32.1. The van der Waals surface area contributed by atoms with Crippen molar-refractivity contribution in [2.45, 2.75) is 74.7 Å². The van der Waals surface area contributed by atoms with Crippen LogP contribution in [-0.4, -0.2) is 10.5 Å². The highest BCUT2D eigenvalue weighted by Gasteiger charge is 2.09. The predicted molar refractivity (Wildman–Crippen MR) is 71.7 cm³/mol. The standard InChI is InChI=1S/C12H24S2/c13-11-7-5-3-1-2-4-6-8-12(14)10-9-11/h11-14H,1-10H2. The molecule has 0 aliphatic heterocycles. The summed E-state index contributed by atoms with van der Waals surface area (Å²) in [5, 5.41) is 1.26. The van der Waals surface area contributed by atoms with Gasteiger partial charge in [-0.25, -0.2) is 0 Å². The summed E-state index contributed by atoms with van der Waals surface area (Å²) in [4.78, 5) is 0. The second-order valence-electron chi connectivity index (χ2n) is 4.58. The molecule has 84 valence electrons. The third kappa shape index (κ3) is 6.23. The Labute approximate surface area is 100 Å². The first-order valence-electron chi connectivity index (χ1n) is 6.15. The van der Waals surface area contributed by atoms with E-state index in [9.17, 15) is 0 Å². The molecular formula is C12H24S2. The van der Waals surface area contributed by atoms with Gasteiger partial charge in [-0.15, -0.1) is 0 Å². The fourth-order valence-corrected chi connectivity index (χ4v) is 2.80. The molecule has 0 aromatic carbocycles. The van der Waals surface area contributed by atoms with E-state index in [2.05, 4.69) is 25.3 Å². The minimum absolute atomic E-state index is 0.629. The first-order chi connectivity index (χ1) is 6.79. The minimum Gasteiger partial charge on any atom is -0.176 e. The van der Waals surface area contributed by atoms with Gasteiger partial charge in [0.1, 0.15) is 0 Å². The van der Waals surface area contributed by atoms with Gasteiger partial charge in [-0.05, 0) is 25.7 Å². The highest BCUT2D eigenvalue weighted by molar-refractivity contribution is 7.81. The quantitative estimate of drug-likeness (QED) is 0.565. The molecule has 0 spiro atoms. The Hall–Kier alpha value is 0.700. The third-order valence-corrected chi connectivity index (χ3v) is 4.19. The fraction of sp³-hybridized carbons (Fsp3) is 1.00. The van der Waals surface area contributed by atoms with E-state index in [1.54, 1.807) is 0 Å². The molecule has 0 heterocycles. The average molecular weight is 232 g/mol. The van der Waals surface area contributed by atoms with Crippen molar-refractivity contribution in [1.29, 1.82) is 0 Å². The lowest BCUT2D eigenvalue weighted by molar-refractivity contribution is 0.517. The van der Waals surface area contributed by atoms with Gasteiger partial charge < -0.3 is 0 Å². The summed E-state index contributed by atoms with van der Waals surface area (Å²) in [5.41, 5.74) is 0. The monoisotopic (exact) mass is 232 g/mol. The molecule has 1 fully saturated rings. The molecule has 0 bridgehead atoms. The Morgan fingerprint density at radius 2 is 0.857 bits per heavy atom. The first kappa shape index (κ1) is 12.8. The van der Waals surface area contributed by atoms with Crippen LogP contribution < -0.4 is 0 Å². The molecule has 14 heavy (non-hydrogen) atoms. The van der Waals surface area contributed by atoms with Gasteiger partial charge >= 0.3 is 0 Å². The second kappa shape index (κ2) is 7.92. The van der Waals surface area contributed by atoms with Gasteiger partial charge in [0, 0.05) is 10.5 Å². The highest BCUT2D eigenvalue weighted by Crippen LogP contribution is 2.22. The van der Waals surface area contributed by atoms with Crippen LogP contribution in [0.2, 0.25) is 0 Å². The molecule has 0 aromatic heterocycles. The molecule has 1 rings (SSSR count). The van der Waals surface area contributed by atoms with Crippen LogP contribution >= 0.6 is 25.3 Å². The lowest BCUT2D eigenvalue weighted by Gasteiger charge is -2.15. The third-order valence-electron chi connectivity index (χ3n) is 3.16. The van der Waals surface area contributed by atoms with Gasteiger partial charge in [0.25, 0.3) is 0 Å². The van der Waals surface area contributed by atoms with Crippen molar-refractivity contribution >= 4 is 25.3 Å². The van der Waals surface area contributed by atoms with Crippen molar-refractivity contribution < 1.29 is 0 Å². The van der Waals surface area contributed by atoms with Crippen LogP contribution in [0.4, 0.5) is 0 Å². The summed E-state index contributed by atoms with van der Waals surface area (Å²) in [6, 6.07) is 0. The lowest BCUT2D eigenvalue weighted by Crippen LogP contribution is -2.06. The van der Waals surface area contributed by atoms with Crippen molar-refractivity contribution in [2.75, 3.05) is 0 Å². The topological polar surface area (TPSA) is 0 Å². The van der Waals surface area contributed by atoms with Gasteiger partial charge in [0.15, 0.2) is 0 Å². The number of hydrogen-bond donors (Lipinski definition) is 2. The van der Waals surface area contributed by atoms with E-state index in [1.165, 1.54) is 64.2 Å². The lowest BCUT2D eigenvalue weighted by atomic mass is 10.0. The molecule has 1 aliphatic carbocycles. The maximum atomic E-state index is 4.63. The molecule has 0 amide bonds. The fourth-order valence-electron chi connectivity index (χ4n) is 2.14. The molecule has 0 nitrogen and oxygen atoms in total. The van der Waals surface area contributed by atoms with Crippen molar-refractivity contribution in [3.63, 3.8) is 0 Å².